The highest BCUT2D eigenvalue weighted by Gasteiger charge is 2.48. The first-order valence-electron chi connectivity index (χ1n) is 8.46. The van der Waals surface area contributed by atoms with E-state index in [1.807, 2.05) is 22.6 Å². The molecule has 122 valence electrons. The molecule has 1 unspecified atom stereocenters. The standard InChI is InChI=1S/C17H27N3O2/c1-12(2)15-18-8-11-20(15)13(3)16(21)19-9-4-14(5-10-19)17(22)6-7-17/h8,11-14,22H,4-7,9-10H2,1-3H3. The number of hydrogen-bond donors (Lipinski definition) is 1. The highest BCUT2D eigenvalue weighted by Crippen LogP contribution is 2.46. The summed E-state index contributed by atoms with van der Waals surface area (Å²) in [4.78, 5) is 19.1. The maximum absolute atomic E-state index is 12.8. The van der Waals surface area contributed by atoms with E-state index in [0.717, 1.165) is 44.6 Å². The molecule has 2 aliphatic rings. The van der Waals surface area contributed by atoms with Crippen LogP contribution >= 0.6 is 0 Å². The number of nitrogens with zero attached hydrogens (tertiary/aromatic N) is 3. The molecule has 2 heterocycles. The Labute approximate surface area is 132 Å². The third-order valence-electron chi connectivity index (χ3n) is 5.32. The predicted molar refractivity (Wildman–Crippen MR) is 84.5 cm³/mol. The van der Waals surface area contributed by atoms with Gasteiger partial charge in [-0.2, -0.15) is 0 Å². The molecular formula is C17H27N3O2. The smallest absolute Gasteiger partial charge is 0.245 e. The minimum absolute atomic E-state index is 0.168. The van der Waals surface area contributed by atoms with E-state index in [9.17, 15) is 9.90 Å². The molecule has 1 aromatic rings. The Morgan fingerprint density at radius 1 is 1.32 bits per heavy atom. The van der Waals surface area contributed by atoms with Gasteiger partial charge in [0, 0.05) is 31.4 Å². The minimum atomic E-state index is -0.407. The number of carbonyl (C=O) groups is 1. The van der Waals surface area contributed by atoms with Crippen LogP contribution in [0.5, 0.6) is 0 Å². The second kappa shape index (κ2) is 5.69. The quantitative estimate of drug-likeness (QED) is 0.929. The van der Waals surface area contributed by atoms with Gasteiger partial charge in [0.05, 0.1) is 5.60 Å². The van der Waals surface area contributed by atoms with E-state index in [4.69, 9.17) is 0 Å². The first-order valence-corrected chi connectivity index (χ1v) is 8.46. The molecule has 0 spiro atoms. The molecule has 0 radical (unpaired) electrons. The summed E-state index contributed by atoms with van der Waals surface area (Å²) < 4.78 is 1.99. The predicted octanol–water partition coefficient (Wildman–Crippen LogP) is 2.33. The zero-order chi connectivity index (χ0) is 15.9. The van der Waals surface area contributed by atoms with Gasteiger partial charge in [-0.25, -0.2) is 4.98 Å². The second-order valence-electron chi connectivity index (χ2n) is 7.23. The first-order chi connectivity index (χ1) is 10.4. The van der Waals surface area contributed by atoms with Crippen molar-refractivity contribution >= 4 is 5.91 Å². The van der Waals surface area contributed by atoms with E-state index < -0.39 is 5.60 Å². The van der Waals surface area contributed by atoms with Crippen LogP contribution in [0, 0.1) is 5.92 Å². The van der Waals surface area contributed by atoms with Gasteiger partial charge < -0.3 is 14.6 Å². The largest absolute Gasteiger partial charge is 0.390 e. The molecule has 3 rings (SSSR count). The molecule has 5 nitrogen and oxygen atoms in total. The highest BCUT2D eigenvalue weighted by atomic mass is 16.3. The molecule has 1 saturated carbocycles. The van der Waals surface area contributed by atoms with Crippen LogP contribution in [0.2, 0.25) is 0 Å². The molecule has 1 saturated heterocycles. The number of piperidine rings is 1. The van der Waals surface area contributed by atoms with Crippen molar-refractivity contribution in [1.82, 2.24) is 14.5 Å². The average Bonchev–Trinajstić information content (AvgIpc) is 3.07. The molecule has 1 aromatic heterocycles. The second-order valence-corrected chi connectivity index (χ2v) is 7.23. The molecule has 0 bridgehead atoms. The molecule has 5 heteroatoms. The van der Waals surface area contributed by atoms with Crippen LogP contribution in [-0.2, 0) is 4.79 Å². The van der Waals surface area contributed by atoms with Crippen molar-refractivity contribution in [2.75, 3.05) is 13.1 Å². The van der Waals surface area contributed by atoms with Crippen molar-refractivity contribution in [2.45, 2.75) is 64.0 Å². The number of rotatable bonds is 4. The Hall–Kier alpha value is -1.36. The normalized spacial score (nSPS) is 22.9. The summed E-state index contributed by atoms with van der Waals surface area (Å²) in [6.07, 6.45) is 7.40. The summed E-state index contributed by atoms with van der Waals surface area (Å²) in [6, 6.07) is -0.208. The number of likely N-dealkylation sites (tertiary alicyclic amines) is 1. The van der Waals surface area contributed by atoms with Crippen LogP contribution in [0.3, 0.4) is 0 Å². The SMILES string of the molecule is CC(C)c1nccn1C(C)C(=O)N1CCC(C2(O)CC2)CC1. The summed E-state index contributed by atoms with van der Waals surface area (Å²) in [5.74, 6) is 1.82. The first kappa shape index (κ1) is 15.5. The topological polar surface area (TPSA) is 58.4 Å². The lowest BCUT2D eigenvalue weighted by atomic mass is 9.89. The summed E-state index contributed by atoms with van der Waals surface area (Å²) in [6.45, 7) is 7.68. The van der Waals surface area contributed by atoms with E-state index in [1.165, 1.54) is 0 Å². The Kier molecular flexibility index (Phi) is 4.02. The summed E-state index contributed by atoms with van der Waals surface area (Å²) in [5, 5.41) is 10.2. The van der Waals surface area contributed by atoms with Crippen molar-refractivity contribution in [2.24, 2.45) is 5.92 Å². The zero-order valence-corrected chi connectivity index (χ0v) is 13.8. The average molecular weight is 305 g/mol. The number of imidazole rings is 1. The molecule has 1 atom stereocenters. The molecule has 22 heavy (non-hydrogen) atoms. The van der Waals surface area contributed by atoms with E-state index in [0.29, 0.717) is 11.8 Å². The lowest BCUT2D eigenvalue weighted by Crippen LogP contribution is -2.44. The van der Waals surface area contributed by atoms with Crippen LogP contribution < -0.4 is 0 Å². The lowest BCUT2D eigenvalue weighted by molar-refractivity contribution is -0.136. The molecule has 1 aliphatic carbocycles. The molecular weight excluding hydrogens is 278 g/mol. The van der Waals surface area contributed by atoms with Gasteiger partial charge in [-0.05, 0) is 38.5 Å². The Bertz CT molecular complexity index is 540. The third-order valence-corrected chi connectivity index (χ3v) is 5.32. The third kappa shape index (κ3) is 2.78. The highest BCUT2D eigenvalue weighted by molar-refractivity contribution is 5.80. The van der Waals surface area contributed by atoms with Crippen molar-refractivity contribution < 1.29 is 9.90 Å². The molecule has 0 aromatic carbocycles. The van der Waals surface area contributed by atoms with Gasteiger partial charge >= 0.3 is 0 Å². The lowest BCUT2D eigenvalue weighted by Gasteiger charge is -2.36. The zero-order valence-electron chi connectivity index (χ0n) is 13.8. The number of aliphatic hydroxyl groups is 1. The van der Waals surface area contributed by atoms with Crippen molar-refractivity contribution in [3.8, 4) is 0 Å². The maximum Gasteiger partial charge on any atom is 0.245 e. The molecule has 1 aliphatic heterocycles. The minimum Gasteiger partial charge on any atom is -0.390 e. The van der Waals surface area contributed by atoms with Gasteiger partial charge in [0.15, 0.2) is 0 Å². The van der Waals surface area contributed by atoms with Crippen LogP contribution in [0.15, 0.2) is 12.4 Å². The van der Waals surface area contributed by atoms with E-state index in [1.54, 1.807) is 6.20 Å². The van der Waals surface area contributed by atoms with Crippen LogP contribution in [0.1, 0.15) is 64.2 Å². The number of aromatic nitrogens is 2. The fourth-order valence-corrected chi connectivity index (χ4v) is 3.66. The van der Waals surface area contributed by atoms with Gasteiger partial charge in [0.25, 0.3) is 0 Å². The Morgan fingerprint density at radius 2 is 1.95 bits per heavy atom. The van der Waals surface area contributed by atoms with E-state index in [-0.39, 0.29) is 11.9 Å². The maximum atomic E-state index is 12.8. The summed E-state index contributed by atoms with van der Waals surface area (Å²) in [5.41, 5.74) is -0.407. The Morgan fingerprint density at radius 3 is 2.50 bits per heavy atom. The van der Waals surface area contributed by atoms with Crippen molar-refractivity contribution in [3.63, 3.8) is 0 Å². The number of hydrogen-bond acceptors (Lipinski definition) is 3. The Balaban J connectivity index is 1.63. The summed E-state index contributed by atoms with van der Waals surface area (Å²) >= 11 is 0. The number of amides is 1. The van der Waals surface area contributed by atoms with E-state index >= 15 is 0 Å². The molecule has 1 N–H and O–H groups in total. The fourth-order valence-electron chi connectivity index (χ4n) is 3.66. The van der Waals surface area contributed by atoms with Crippen molar-refractivity contribution in [3.05, 3.63) is 18.2 Å². The fraction of sp³-hybridized carbons (Fsp3) is 0.765. The molecule has 1 amide bonds. The van der Waals surface area contributed by atoms with E-state index in [2.05, 4.69) is 18.8 Å². The van der Waals surface area contributed by atoms with Crippen LogP contribution in [-0.4, -0.2) is 44.2 Å². The monoisotopic (exact) mass is 305 g/mol. The van der Waals surface area contributed by atoms with Gasteiger partial charge in [-0.1, -0.05) is 13.8 Å². The van der Waals surface area contributed by atoms with Gasteiger partial charge in [0.1, 0.15) is 11.9 Å². The van der Waals surface area contributed by atoms with Crippen LogP contribution in [0.4, 0.5) is 0 Å². The number of carbonyl (C=O) groups excluding carboxylic acids is 1. The van der Waals surface area contributed by atoms with Gasteiger partial charge in [-0.3, -0.25) is 4.79 Å². The van der Waals surface area contributed by atoms with Gasteiger partial charge in [0.2, 0.25) is 5.91 Å². The summed E-state index contributed by atoms with van der Waals surface area (Å²) in [7, 11) is 0. The van der Waals surface area contributed by atoms with Crippen LogP contribution in [0.25, 0.3) is 0 Å². The van der Waals surface area contributed by atoms with Crippen molar-refractivity contribution in [1.29, 1.82) is 0 Å². The molecule has 2 fully saturated rings. The van der Waals surface area contributed by atoms with Gasteiger partial charge in [-0.15, -0.1) is 0 Å².